The van der Waals surface area contributed by atoms with E-state index in [1.807, 2.05) is 6.92 Å². The molecule has 0 aromatic rings. The first-order chi connectivity index (χ1) is 5.74. The van der Waals surface area contributed by atoms with Gasteiger partial charge in [-0.1, -0.05) is 19.8 Å². The van der Waals surface area contributed by atoms with Crippen LogP contribution in [0.3, 0.4) is 0 Å². The SMILES string of the molecule is CCCC[C@@H](C)O[C@H](CO)CF. The van der Waals surface area contributed by atoms with Crippen molar-refractivity contribution in [1.29, 1.82) is 0 Å². The highest BCUT2D eigenvalue weighted by Crippen LogP contribution is 2.07. The van der Waals surface area contributed by atoms with Crippen LogP contribution in [0.1, 0.15) is 33.1 Å². The maximum Gasteiger partial charge on any atom is 0.118 e. The molecule has 2 atom stereocenters. The van der Waals surface area contributed by atoms with Crippen molar-refractivity contribution in [3.63, 3.8) is 0 Å². The van der Waals surface area contributed by atoms with Gasteiger partial charge in [0.15, 0.2) is 0 Å². The fraction of sp³-hybridized carbons (Fsp3) is 1.00. The van der Waals surface area contributed by atoms with Crippen LogP contribution < -0.4 is 0 Å². The summed E-state index contributed by atoms with van der Waals surface area (Å²) in [5.41, 5.74) is 0. The summed E-state index contributed by atoms with van der Waals surface area (Å²) in [6.45, 7) is 3.18. The number of rotatable bonds is 7. The number of hydrogen-bond donors (Lipinski definition) is 1. The fourth-order valence-corrected chi connectivity index (χ4v) is 1.02. The lowest BCUT2D eigenvalue weighted by atomic mass is 10.2. The summed E-state index contributed by atoms with van der Waals surface area (Å²) < 4.78 is 17.3. The summed E-state index contributed by atoms with van der Waals surface area (Å²) in [5.74, 6) is 0. The highest BCUT2D eigenvalue weighted by Gasteiger charge is 2.11. The average Bonchev–Trinajstić information content (AvgIpc) is 2.10. The summed E-state index contributed by atoms with van der Waals surface area (Å²) in [4.78, 5) is 0. The van der Waals surface area contributed by atoms with E-state index in [0.717, 1.165) is 19.3 Å². The largest absolute Gasteiger partial charge is 0.394 e. The van der Waals surface area contributed by atoms with Crippen LogP contribution >= 0.6 is 0 Å². The van der Waals surface area contributed by atoms with Gasteiger partial charge >= 0.3 is 0 Å². The van der Waals surface area contributed by atoms with Crippen LogP contribution in [-0.2, 0) is 4.74 Å². The van der Waals surface area contributed by atoms with Gasteiger partial charge in [0.05, 0.1) is 12.7 Å². The Morgan fingerprint density at radius 2 is 2.17 bits per heavy atom. The third kappa shape index (κ3) is 5.49. The van der Waals surface area contributed by atoms with Gasteiger partial charge in [-0.25, -0.2) is 4.39 Å². The second kappa shape index (κ2) is 7.50. The summed E-state index contributed by atoms with van der Waals surface area (Å²) in [6.07, 6.45) is 2.57. The molecule has 0 aliphatic rings. The van der Waals surface area contributed by atoms with E-state index < -0.39 is 12.8 Å². The van der Waals surface area contributed by atoms with Crippen molar-refractivity contribution in [3.8, 4) is 0 Å². The number of unbranched alkanes of at least 4 members (excludes halogenated alkanes) is 1. The Hall–Kier alpha value is -0.150. The first-order valence-electron chi connectivity index (χ1n) is 4.56. The lowest BCUT2D eigenvalue weighted by Gasteiger charge is -2.17. The van der Waals surface area contributed by atoms with E-state index in [1.54, 1.807) is 0 Å². The second-order valence-electron chi connectivity index (χ2n) is 3.05. The van der Waals surface area contributed by atoms with E-state index in [2.05, 4.69) is 6.92 Å². The molecule has 0 heterocycles. The summed E-state index contributed by atoms with van der Waals surface area (Å²) in [7, 11) is 0. The van der Waals surface area contributed by atoms with Crippen LogP contribution in [-0.4, -0.2) is 30.6 Å². The van der Waals surface area contributed by atoms with E-state index in [4.69, 9.17) is 9.84 Å². The number of aliphatic hydroxyl groups is 1. The Morgan fingerprint density at radius 3 is 2.58 bits per heavy atom. The highest BCUT2D eigenvalue weighted by molar-refractivity contribution is 4.57. The zero-order valence-electron chi connectivity index (χ0n) is 7.92. The van der Waals surface area contributed by atoms with Gasteiger partial charge in [0.25, 0.3) is 0 Å². The van der Waals surface area contributed by atoms with Gasteiger partial charge in [0.2, 0.25) is 0 Å². The molecule has 0 spiro atoms. The molecule has 0 fully saturated rings. The van der Waals surface area contributed by atoms with Crippen molar-refractivity contribution in [1.82, 2.24) is 0 Å². The predicted molar refractivity (Wildman–Crippen MR) is 46.9 cm³/mol. The van der Waals surface area contributed by atoms with Crippen LogP contribution in [0.25, 0.3) is 0 Å². The quantitative estimate of drug-likeness (QED) is 0.645. The van der Waals surface area contributed by atoms with E-state index in [-0.39, 0.29) is 12.7 Å². The molecule has 0 unspecified atom stereocenters. The topological polar surface area (TPSA) is 29.5 Å². The van der Waals surface area contributed by atoms with Crippen molar-refractivity contribution >= 4 is 0 Å². The Morgan fingerprint density at radius 1 is 1.50 bits per heavy atom. The first-order valence-corrected chi connectivity index (χ1v) is 4.56. The molecule has 0 saturated heterocycles. The lowest BCUT2D eigenvalue weighted by Crippen LogP contribution is -2.25. The van der Waals surface area contributed by atoms with E-state index in [9.17, 15) is 4.39 Å². The predicted octanol–water partition coefficient (Wildman–Crippen LogP) is 1.91. The Bertz CT molecular complexity index is 94.5. The minimum absolute atomic E-state index is 0.0536. The van der Waals surface area contributed by atoms with Gasteiger partial charge in [0.1, 0.15) is 12.8 Å². The van der Waals surface area contributed by atoms with Crippen molar-refractivity contribution in [2.24, 2.45) is 0 Å². The maximum absolute atomic E-state index is 12.1. The minimum Gasteiger partial charge on any atom is -0.394 e. The van der Waals surface area contributed by atoms with Crippen LogP contribution in [0.4, 0.5) is 4.39 Å². The van der Waals surface area contributed by atoms with Crippen molar-refractivity contribution in [2.75, 3.05) is 13.3 Å². The van der Waals surface area contributed by atoms with Crippen LogP contribution in [0.5, 0.6) is 0 Å². The molecule has 0 aliphatic heterocycles. The minimum atomic E-state index is -0.628. The van der Waals surface area contributed by atoms with Gasteiger partial charge in [-0.2, -0.15) is 0 Å². The number of aliphatic hydroxyl groups excluding tert-OH is 1. The molecule has 0 rings (SSSR count). The molecule has 3 heteroatoms. The van der Waals surface area contributed by atoms with E-state index in [1.165, 1.54) is 0 Å². The third-order valence-corrected chi connectivity index (χ3v) is 1.76. The molecule has 74 valence electrons. The molecule has 0 radical (unpaired) electrons. The van der Waals surface area contributed by atoms with Gasteiger partial charge in [-0.15, -0.1) is 0 Å². The van der Waals surface area contributed by atoms with E-state index >= 15 is 0 Å². The normalized spacial score (nSPS) is 16.0. The molecule has 2 nitrogen and oxygen atoms in total. The second-order valence-corrected chi connectivity index (χ2v) is 3.05. The number of alkyl halides is 1. The third-order valence-electron chi connectivity index (χ3n) is 1.76. The van der Waals surface area contributed by atoms with Gasteiger partial charge in [-0.05, 0) is 13.3 Å². The number of halogens is 1. The van der Waals surface area contributed by atoms with Crippen molar-refractivity contribution in [3.05, 3.63) is 0 Å². The zero-order valence-corrected chi connectivity index (χ0v) is 7.92. The van der Waals surface area contributed by atoms with E-state index in [0.29, 0.717) is 0 Å². The van der Waals surface area contributed by atoms with Crippen molar-refractivity contribution < 1.29 is 14.2 Å². The van der Waals surface area contributed by atoms with Gasteiger partial charge in [-0.3, -0.25) is 0 Å². The Labute approximate surface area is 73.7 Å². The maximum atomic E-state index is 12.1. The van der Waals surface area contributed by atoms with Crippen LogP contribution in [0.15, 0.2) is 0 Å². The molecular formula is C9H19FO2. The average molecular weight is 178 g/mol. The van der Waals surface area contributed by atoms with Crippen LogP contribution in [0, 0.1) is 0 Å². The molecule has 0 amide bonds. The molecule has 0 bridgehead atoms. The molecule has 0 saturated carbocycles. The highest BCUT2D eigenvalue weighted by atomic mass is 19.1. The number of ether oxygens (including phenoxy) is 1. The zero-order chi connectivity index (χ0) is 9.40. The summed E-state index contributed by atoms with van der Waals surface area (Å²) >= 11 is 0. The standard InChI is InChI=1S/C9H19FO2/c1-3-4-5-8(2)12-9(6-10)7-11/h8-9,11H,3-7H2,1-2H3/t8-,9+/m1/s1. The lowest BCUT2D eigenvalue weighted by molar-refractivity contribution is -0.0451. The first kappa shape index (κ1) is 11.8. The molecule has 0 aromatic carbocycles. The monoisotopic (exact) mass is 178 g/mol. The molecule has 12 heavy (non-hydrogen) atoms. The van der Waals surface area contributed by atoms with Crippen LogP contribution in [0.2, 0.25) is 0 Å². The Balaban J connectivity index is 3.44. The van der Waals surface area contributed by atoms with Gasteiger partial charge < -0.3 is 9.84 Å². The molecule has 0 aromatic heterocycles. The Kier molecular flexibility index (Phi) is 7.40. The molecular weight excluding hydrogens is 159 g/mol. The summed E-state index contributed by atoms with van der Waals surface area (Å²) in [6, 6.07) is 0. The molecule has 1 N–H and O–H groups in total. The van der Waals surface area contributed by atoms with Crippen molar-refractivity contribution in [2.45, 2.75) is 45.3 Å². The smallest absolute Gasteiger partial charge is 0.118 e. The summed E-state index contributed by atoms with van der Waals surface area (Å²) in [5, 5.41) is 8.64. The molecule has 0 aliphatic carbocycles. The number of hydrogen-bond acceptors (Lipinski definition) is 2. The van der Waals surface area contributed by atoms with Gasteiger partial charge in [0, 0.05) is 0 Å². The fourth-order valence-electron chi connectivity index (χ4n) is 1.02.